The Kier molecular flexibility index (Phi) is 4.07. The minimum atomic E-state index is 0.785. The summed E-state index contributed by atoms with van der Waals surface area (Å²) in [5.41, 5.74) is 2.19. The standard InChI is InChI=1S/C11H13BrN4/c12-11-3-1-2-10(16-11)7-13-5-4-9-6-14-8-15-9/h1-3,6,8,13H,4-5,7H2,(H,14,15). The molecule has 2 heterocycles. The van der Waals surface area contributed by atoms with Gasteiger partial charge in [0.25, 0.3) is 0 Å². The second-order valence-electron chi connectivity index (χ2n) is 3.46. The summed E-state index contributed by atoms with van der Waals surface area (Å²) in [4.78, 5) is 11.4. The number of rotatable bonds is 5. The number of imidazole rings is 1. The van der Waals surface area contributed by atoms with E-state index >= 15 is 0 Å². The number of H-pyrrole nitrogens is 1. The van der Waals surface area contributed by atoms with Crippen molar-refractivity contribution >= 4 is 15.9 Å². The summed E-state index contributed by atoms with van der Waals surface area (Å²) in [6.45, 7) is 1.70. The van der Waals surface area contributed by atoms with Crippen LogP contribution in [0.3, 0.4) is 0 Å². The van der Waals surface area contributed by atoms with E-state index in [1.165, 1.54) is 0 Å². The van der Waals surface area contributed by atoms with Crippen molar-refractivity contribution in [2.45, 2.75) is 13.0 Å². The zero-order valence-electron chi connectivity index (χ0n) is 8.78. The fourth-order valence-corrected chi connectivity index (χ4v) is 1.79. The van der Waals surface area contributed by atoms with Gasteiger partial charge in [0.2, 0.25) is 0 Å². The molecule has 0 saturated carbocycles. The van der Waals surface area contributed by atoms with Crippen molar-refractivity contribution < 1.29 is 0 Å². The Balaban J connectivity index is 1.72. The molecule has 5 heteroatoms. The van der Waals surface area contributed by atoms with E-state index in [9.17, 15) is 0 Å². The van der Waals surface area contributed by atoms with E-state index in [-0.39, 0.29) is 0 Å². The van der Waals surface area contributed by atoms with Crippen LogP contribution in [-0.2, 0) is 13.0 Å². The SMILES string of the molecule is Brc1cccc(CNCCc2cnc[nH]2)n1. The number of aromatic amines is 1. The monoisotopic (exact) mass is 280 g/mol. The smallest absolute Gasteiger partial charge is 0.106 e. The van der Waals surface area contributed by atoms with Crippen molar-refractivity contribution in [3.8, 4) is 0 Å². The molecule has 0 radical (unpaired) electrons. The Bertz CT molecular complexity index is 427. The fourth-order valence-electron chi connectivity index (χ4n) is 1.41. The average molecular weight is 281 g/mol. The van der Waals surface area contributed by atoms with Crippen LogP contribution in [0, 0.1) is 0 Å². The number of hydrogen-bond acceptors (Lipinski definition) is 3. The molecule has 0 aliphatic rings. The Hall–Kier alpha value is -1.20. The third-order valence-corrected chi connectivity index (χ3v) is 2.65. The molecule has 2 aromatic rings. The lowest BCUT2D eigenvalue weighted by Gasteiger charge is -2.03. The average Bonchev–Trinajstić information content (AvgIpc) is 2.77. The molecule has 4 nitrogen and oxygen atoms in total. The third kappa shape index (κ3) is 3.43. The van der Waals surface area contributed by atoms with Crippen LogP contribution in [0.2, 0.25) is 0 Å². The van der Waals surface area contributed by atoms with Gasteiger partial charge in [0.15, 0.2) is 0 Å². The van der Waals surface area contributed by atoms with Gasteiger partial charge in [-0.15, -0.1) is 0 Å². The highest BCUT2D eigenvalue weighted by Gasteiger charge is 1.96. The largest absolute Gasteiger partial charge is 0.348 e. The highest BCUT2D eigenvalue weighted by Crippen LogP contribution is 2.05. The maximum atomic E-state index is 4.34. The Morgan fingerprint density at radius 1 is 1.38 bits per heavy atom. The van der Waals surface area contributed by atoms with Gasteiger partial charge in [0.1, 0.15) is 4.60 Å². The molecular weight excluding hydrogens is 268 g/mol. The van der Waals surface area contributed by atoms with Gasteiger partial charge in [0.05, 0.1) is 12.0 Å². The van der Waals surface area contributed by atoms with E-state index in [0.29, 0.717) is 0 Å². The van der Waals surface area contributed by atoms with Gasteiger partial charge in [-0.1, -0.05) is 6.07 Å². The van der Waals surface area contributed by atoms with E-state index < -0.39 is 0 Å². The summed E-state index contributed by atoms with van der Waals surface area (Å²) in [5.74, 6) is 0. The number of halogens is 1. The number of pyridine rings is 1. The lowest BCUT2D eigenvalue weighted by molar-refractivity contribution is 0.669. The molecule has 2 aromatic heterocycles. The summed E-state index contributed by atoms with van der Waals surface area (Å²) < 4.78 is 0.875. The van der Waals surface area contributed by atoms with Gasteiger partial charge in [-0.05, 0) is 28.1 Å². The van der Waals surface area contributed by atoms with Crippen LogP contribution in [0.4, 0.5) is 0 Å². The predicted octanol–water partition coefficient (Wildman–Crippen LogP) is 1.90. The van der Waals surface area contributed by atoms with E-state index in [1.807, 2.05) is 24.4 Å². The highest BCUT2D eigenvalue weighted by molar-refractivity contribution is 9.10. The molecule has 84 valence electrons. The van der Waals surface area contributed by atoms with Gasteiger partial charge >= 0.3 is 0 Å². The number of nitrogens with one attached hydrogen (secondary N) is 2. The molecule has 0 unspecified atom stereocenters. The molecule has 0 fully saturated rings. The van der Waals surface area contributed by atoms with Crippen molar-refractivity contribution in [3.05, 3.63) is 46.7 Å². The van der Waals surface area contributed by atoms with Crippen molar-refractivity contribution in [2.24, 2.45) is 0 Å². The molecule has 0 aliphatic heterocycles. The van der Waals surface area contributed by atoms with Gasteiger partial charge in [-0.2, -0.15) is 0 Å². The molecule has 0 amide bonds. The van der Waals surface area contributed by atoms with E-state index in [2.05, 4.69) is 36.2 Å². The molecule has 0 atom stereocenters. The van der Waals surface area contributed by atoms with Crippen LogP contribution < -0.4 is 5.32 Å². The lowest BCUT2D eigenvalue weighted by atomic mass is 10.3. The summed E-state index contributed by atoms with van der Waals surface area (Å²) in [6.07, 6.45) is 4.50. The Labute approximate surface area is 103 Å². The van der Waals surface area contributed by atoms with Crippen molar-refractivity contribution in [2.75, 3.05) is 6.54 Å². The lowest BCUT2D eigenvalue weighted by Crippen LogP contribution is -2.17. The zero-order chi connectivity index (χ0) is 11.2. The van der Waals surface area contributed by atoms with Crippen molar-refractivity contribution in [1.82, 2.24) is 20.3 Å². The second kappa shape index (κ2) is 5.77. The van der Waals surface area contributed by atoms with Crippen LogP contribution in [-0.4, -0.2) is 21.5 Å². The first kappa shape index (κ1) is 11.3. The third-order valence-electron chi connectivity index (χ3n) is 2.20. The molecule has 0 spiro atoms. The summed E-state index contributed by atoms with van der Waals surface area (Å²) >= 11 is 3.35. The van der Waals surface area contributed by atoms with Crippen molar-refractivity contribution in [1.29, 1.82) is 0 Å². The molecule has 2 rings (SSSR count). The van der Waals surface area contributed by atoms with Gasteiger partial charge in [-0.25, -0.2) is 9.97 Å². The summed E-state index contributed by atoms with van der Waals surface area (Å²) in [5, 5.41) is 3.34. The molecule has 0 aromatic carbocycles. The Morgan fingerprint density at radius 3 is 3.06 bits per heavy atom. The van der Waals surface area contributed by atoms with E-state index in [1.54, 1.807) is 6.33 Å². The van der Waals surface area contributed by atoms with Crippen LogP contribution in [0.25, 0.3) is 0 Å². The number of hydrogen-bond donors (Lipinski definition) is 2. The maximum absolute atomic E-state index is 4.34. The summed E-state index contributed by atoms with van der Waals surface area (Å²) in [6, 6.07) is 5.92. The van der Waals surface area contributed by atoms with Gasteiger partial charge < -0.3 is 10.3 Å². The van der Waals surface area contributed by atoms with Gasteiger partial charge in [-0.3, -0.25) is 0 Å². The predicted molar refractivity (Wildman–Crippen MR) is 65.9 cm³/mol. The number of nitrogens with zero attached hydrogens (tertiary/aromatic N) is 2. The van der Waals surface area contributed by atoms with Crippen LogP contribution >= 0.6 is 15.9 Å². The molecule has 0 aliphatic carbocycles. The minimum absolute atomic E-state index is 0.785. The second-order valence-corrected chi connectivity index (χ2v) is 4.27. The van der Waals surface area contributed by atoms with E-state index in [4.69, 9.17) is 0 Å². The zero-order valence-corrected chi connectivity index (χ0v) is 10.4. The molecular formula is C11H13BrN4. The highest BCUT2D eigenvalue weighted by atomic mass is 79.9. The molecule has 0 saturated heterocycles. The first-order valence-corrected chi connectivity index (χ1v) is 5.93. The van der Waals surface area contributed by atoms with Crippen LogP contribution in [0.15, 0.2) is 35.3 Å². The van der Waals surface area contributed by atoms with E-state index in [0.717, 1.165) is 35.5 Å². The topological polar surface area (TPSA) is 53.6 Å². The molecule has 2 N–H and O–H groups in total. The fraction of sp³-hybridized carbons (Fsp3) is 0.273. The first-order valence-electron chi connectivity index (χ1n) is 5.14. The van der Waals surface area contributed by atoms with Crippen LogP contribution in [0.5, 0.6) is 0 Å². The Morgan fingerprint density at radius 2 is 2.31 bits per heavy atom. The van der Waals surface area contributed by atoms with Crippen molar-refractivity contribution in [3.63, 3.8) is 0 Å². The van der Waals surface area contributed by atoms with Gasteiger partial charge in [0, 0.05) is 31.4 Å². The first-order chi connectivity index (χ1) is 7.84. The molecule has 0 bridgehead atoms. The minimum Gasteiger partial charge on any atom is -0.348 e. The quantitative estimate of drug-likeness (QED) is 0.650. The normalized spacial score (nSPS) is 10.6. The molecule has 16 heavy (non-hydrogen) atoms. The maximum Gasteiger partial charge on any atom is 0.106 e. The van der Waals surface area contributed by atoms with Crippen LogP contribution in [0.1, 0.15) is 11.4 Å². The number of aromatic nitrogens is 3. The summed E-state index contributed by atoms with van der Waals surface area (Å²) in [7, 11) is 0.